The molecule has 0 radical (unpaired) electrons. The van der Waals surface area contributed by atoms with E-state index in [1.54, 1.807) is 6.07 Å². The monoisotopic (exact) mass is 510 g/mol. The predicted molar refractivity (Wildman–Crippen MR) is 125 cm³/mol. The van der Waals surface area contributed by atoms with Crippen LogP contribution < -0.4 is 9.62 Å². The lowest BCUT2D eigenvalue weighted by atomic mass is 10.0. The van der Waals surface area contributed by atoms with Crippen molar-refractivity contribution in [2.24, 2.45) is 0 Å². The second-order valence-corrected chi connectivity index (χ2v) is 9.70. The fourth-order valence-corrected chi connectivity index (χ4v) is 5.06. The molecule has 0 heterocycles. The molecule has 34 heavy (non-hydrogen) atoms. The molecule has 1 atom stereocenters. The van der Waals surface area contributed by atoms with Crippen LogP contribution in [0.15, 0.2) is 83.8 Å². The van der Waals surface area contributed by atoms with Crippen LogP contribution in [0, 0.1) is 0 Å². The smallest absolute Gasteiger partial charge is 0.348 e. The molecule has 3 aromatic carbocycles. The van der Waals surface area contributed by atoms with E-state index in [1.165, 1.54) is 24.3 Å². The van der Waals surface area contributed by atoms with Gasteiger partial charge in [0.2, 0.25) is 5.91 Å². The standard InChI is InChI=1S/C24H22ClF3N2O3S/c1-2-22(17-9-5-3-6-10-17)29-23(31)16-30(34(32,33)19-11-7-4-8-12-19)18-13-14-21(25)20(15-18)24(26,27)28/h3-15,22H,2,16H2,1H3,(H,29,31)/t22-/m0/s1. The summed E-state index contributed by atoms with van der Waals surface area (Å²) in [5.74, 6) is -0.668. The lowest BCUT2D eigenvalue weighted by molar-refractivity contribution is -0.137. The highest BCUT2D eigenvalue weighted by Gasteiger charge is 2.35. The van der Waals surface area contributed by atoms with Crippen LogP contribution in [0.5, 0.6) is 0 Å². The van der Waals surface area contributed by atoms with Crippen LogP contribution in [0.2, 0.25) is 5.02 Å². The first-order valence-electron chi connectivity index (χ1n) is 10.3. The summed E-state index contributed by atoms with van der Waals surface area (Å²) in [5.41, 5.74) is -0.707. The lowest BCUT2D eigenvalue weighted by Crippen LogP contribution is -2.42. The Morgan fingerprint density at radius 2 is 1.59 bits per heavy atom. The van der Waals surface area contributed by atoms with Crippen molar-refractivity contribution in [1.82, 2.24) is 5.32 Å². The van der Waals surface area contributed by atoms with Gasteiger partial charge in [-0.05, 0) is 42.3 Å². The third kappa shape index (κ3) is 5.90. The first kappa shape index (κ1) is 25.6. The summed E-state index contributed by atoms with van der Waals surface area (Å²) in [5, 5.41) is 2.19. The molecule has 180 valence electrons. The zero-order chi connectivity index (χ0) is 24.9. The Labute approximate surface area is 201 Å². The number of alkyl halides is 3. The molecule has 0 saturated carbocycles. The molecule has 0 saturated heterocycles. The molecule has 0 aliphatic heterocycles. The Morgan fingerprint density at radius 1 is 1.00 bits per heavy atom. The number of sulfonamides is 1. The van der Waals surface area contributed by atoms with Crippen LogP contribution in [0.25, 0.3) is 0 Å². The van der Waals surface area contributed by atoms with Gasteiger partial charge in [0.25, 0.3) is 10.0 Å². The molecule has 10 heteroatoms. The molecular weight excluding hydrogens is 489 g/mol. The molecule has 0 spiro atoms. The van der Waals surface area contributed by atoms with Gasteiger partial charge in [-0.15, -0.1) is 0 Å². The number of benzene rings is 3. The molecule has 1 N–H and O–H groups in total. The van der Waals surface area contributed by atoms with E-state index in [1.807, 2.05) is 37.3 Å². The minimum Gasteiger partial charge on any atom is -0.348 e. The summed E-state index contributed by atoms with van der Waals surface area (Å²) in [6, 6.07) is 18.6. The average Bonchev–Trinajstić information content (AvgIpc) is 2.82. The van der Waals surface area contributed by atoms with E-state index in [-0.39, 0.29) is 10.6 Å². The molecule has 0 aliphatic carbocycles. The van der Waals surface area contributed by atoms with Crippen molar-refractivity contribution in [2.45, 2.75) is 30.5 Å². The molecule has 0 unspecified atom stereocenters. The second-order valence-electron chi connectivity index (χ2n) is 7.43. The summed E-state index contributed by atoms with van der Waals surface area (Å²) in [6.45, 7) is 1.13. The minimum absolute atomic E-state index is 0.165. The van der Waals surface area contributed by atoms with Crippen molar-refractivity contribution in [3.63, 3.8) is 0 Å². The van der Waals surface area contributed by atoms with Crippen molar-refractivity contribution >= 4 is 33.2 Å². The van der Waals surface area contributed by atoms with Gasteiger partial charge >= 0.3 is 6.18 Å². The topological polar surface area (TPSA) is 66.5 Å². The molecular formula is C24H22ClF3N2O3S. The van der Waals surface area contributed by atoms with E-state index in [2.05, 4.69) is 5.32 Å². The van der Waals surface area contributed by atoms with Crippen molar-refractivity contribution in [3.05, 3.63) is 95.0 Å². The Balaban J connectivity index is 2.00. The number of carbonyl (C=O) groups is 1. The number of anilines is 1. The quantitative estimate of drug-likeness (QED) is 0.415. The molecule has 0 aliphatic rings. The number of nitrogens with one attached hydrogen (secondary N) is 1. The van der Waals surface area contributed by atoms with Crippen molar-refractivity contribution < 1.29 is 26.4 Å². The summed E-state index contributed by atoms with van der Waals surface area (Å²) in [6.07, 6.45) is -4.28. The van der Waals surface area contributed by atoms with Crippen LogP contribution >= 0.6 is 11.6 Å². The Hall–Kier alpha value is -3.04. The van der Waals surface area contributed by atoms with Crippen LogP contribution in [0.1, 0.15) is 30.5 Å². The second kappa shape index (κ2) is 10.5. The molecule has 1 amide bonds. The fourth-order valence-electron chi connectivity index (χ4n) is 3.40. The fraction of sp³-hybridized carbons (Fsp3) is 0.208. The van der Waals surface area contributed by atoms with Crippen LogP contribution in [0.4, 0.5) is 18.9 Å². The van der Waals surface area contributed by atoms with Gasteiger partial charge in [-0.1, -0.05) is 67.1 Å². The number of halogens is 4. The molecule has 0 bridgehead atoms. The number of nitrogens with zero attached hydrogens (tertiary/aromatic N) is 1. The van der Waals surface area contributed by atoms with Gasteiger partial charge in [0.1, 0.15) is 6.54 Å². The molecule has 3 rings (SSSR count). The number of rotatable bonds is 8. The van der Waals surface area contributed by atoms with E-state index in [4.69, 9.17) is 11.6 Å². The number of carbonyl (C=O) groups excluding carboxylic acids is 1. The molecule has 0 fully saturated rings. The Bertz CT molecular complexity index is 1240. The van der Waals surface area contributed by atoms with E-state index in [0.717, 1.165) is 17.7 Å². The lowest BCUT2D eigenvalue weighted by Gasteiger charge is -2.26. The predicted octanol–water partition coefficient (Wildman–Crippen LogP) is 5.82. The van der Waals surface area contributed by atoms with Gasteiger partial charge in [-0.3, -0.25) is 9.10 Å². The van der Waals surface area contributed by atoms with Crippen LogP contribution in [-0.2, 0) is 21.0 Å². The summed E-state index contributed by atoms with van der Waals surface area (Å²) in [4.78, 5) is 12.8. The summed E-state index contributed by atoms with van der Waals surface area (Å²) in [7, 11) is -4.37. The highest BCUT2D eigenvalue weighted by molar-refractivity contribution is 7.92. The SMILES string of the molecule is CC[C@H](NC(=O)CN(c1ccc(Cl)c(C(F)(F)F)c1)S(=O)(=O)c1ccccc1)c1ccccc1. The van der Waals surface area contributed by atoms with Gasteiger partial charge in [0.15, 0.2) is 0 Å². The highest BCUT2D eigenvalue weighted by atomic mass is 35.5. The summed E-state index contributed by atoms with van der Waals surface area (Å²) >= 11 is 5.71. The largest absolute Gasteiger partial charge is 0.417 e. The molecule has 3 aromatic rings. The first-order valence-corrected chi connectivity index (χ1v) is 12.1. The van der Waals surface area contributed by atoms with Gasteiger partial charge in [-0.2, -0.15) is 13.2 Å². The van der Waals surface area contributed by atoms with E-state index in [0.29, 0.717) is 16.8 Å². The maximum absolute atomic E-state index is 13.4. The summed E-state index contributed by atoms with van der Waals surface area (Å²) < 4.78 is 67.7. The molecule has 5 nitrogen and oxygen atoms in total. The van der Waals surface area contributed by atoms with E-state index < -0.39 is 45.3 Å². The third-order valence-electron chi connectivity index (χ3n) is 5.11. The van der Waals surface area contributed by atoms with E-state index in [9.17, 15) is 26.4 Å². The normalized spacial score (nSPS) is 12.7. The van der Waals surface area contributed by atoms with Crippen molar-refractivity contribution in [1.29, 1.82) is 0 Å². The highest BCUT2D eigenvalue weighted by Crippen LogP contribution is 2.38. The zero-order valence-electron chi connectivity index (χ0n) is 18.1. The minimum atomic E-state index is -4.81. The van der Waals surface area contributed by atoms with Crippen LogP contribution in [0.3, 0.4) is 0 Å². The van der Waals surface area contributed by atoms with Gasteiger partial charge in [-0.25, -0.2) is 8.42 Å². The van der Waals surface area contributed by atoms with Crippen molar-refractivity contribution in [3.8, 4) is 0 Å². The number of amides is 1. The third-order valence-corrected chi connectivity index (χ3v) is 7.22. The van der Waals surface area contributed by atoms with Gasteiger partial charge < -0.3 is 5.32 Å². The van der Waals surface area contributed by atoms with E-state index >= 15 is 0 Å². The average molecular weight is 511 g/mol. The molecule has 0 aromatic heterocycles. The van der Waals surface area contributed by atoms with Crippen molar-refractivity contribution in [2.75, 3.05) is 10.8 Å². The Kier molecular flexibility index (Phi) is 7.89. The maximum atomic E-state index is 13.4. The van der Waals surface area contributed by atoms with Gasteiger partial charge in [0.05, 0.1) is 27.2 Å². The Morgan fingerprint density at radius 3 is 2.15 bits per heavy atom. The zero-order valence-corrected chi connectivity index (χ0v) is 19.7. The number of hydrogen-bond acceptors (Lipinski definition) is 3. The number of hydrogen-bond donors (Lipinski definition) is 1. The van der Waals surface area contributed by atoms with Gasteiger partial charge in [0, 0.05) is 0 Å². The maximum Gasteiger partial charge on any atom is 0.417 e. The van der Waals surface area contributed by atoms with Crippen LogP contribution in [-0.4, -0.2) is 20.9 Å². The first-order chi connectivity index (χ1) is 16.0.